The summed E-state index contributed by atoms with van der Waals surface area (Å²) < 4.78 is 37.1. The fourth-order valence-electron chi connectivity index (χ4n) is 1.68. The number of carboxylic acids is 1. The van der Waals surface area contributed by atoms with Gasteiger partial charge < -0.3 is 15.3 Å². The Bertz CT molecular complexity index is 354. The zero-order valence-corrected chi connectivity index (χ0v) is 10.7. The molecule has 2 N–H and O–H groups in total. The number of carbonyl (C=O) groups excluding carboxylic acids is 1. The van der Waals surface area contributed by atoms with Crippen molar-refractivity contribution in [2.24, 2.45) is 5.92 Å². The minimum absolute atomic E-state index is 0.409. The Kier molecular flexibility index (Phi) is 4.65. The van der Waals surface area contributed by atoms with E-state index in [4.69, 9.17) is 5.11 Å². The smallest absolute Gasteiger partial charge is 0.406 e. The molecule has 1 aliphatic rings. The van der Waals surface area contributed by atoms with Gasteiger partial charge in [0.05, 0.1) is 0 Å². The molecule has 1 atom stereocenters. The second-order valence-electron chi connectivity index (χ2n) is 4.98. The van der Waals surface area contributed by atoms with Gasteiger partial charge in [-0.05, 0) is 18.8 Å². The van der Waals surface area contributed by atoms with Gasteiger partial charge in [0.25, 0.3) is 0 Å². The van der Waals surface area contributed by atoms with Crippen molar-refractivity contribution in [3.05, 3.63) is 0 Å². The van der Waals surface area contributed by atoms with Crippen molar-refractivity contribution >= 4 is 12.0 Å². The van der Waals surface area contributed by atoms with Gasteiger partial charge in [-0.15, -0.1) is 0 Å². The monoisotopic (exact) mass is 282 g/mol. The summed E-state index contributed by atoms with van der Waals surface area (Å²) in [5, 5.41) is 11.1. The first-order valence-corrected chi connectivity index (χ1v) is 5.98. The van der Waals surface area contributed by atoms with E-state index in [9.17, 15) is 22.8 Å². The SMILES string of the molecule is CC(C)C(NC(=O)N(CC(F)(F)F)C1CC1)C(=O)O. The van der Waals surface area contributed by atoms with Crippen LogP contribution in [0.15, 0.2) is 0 Å². The lowest BCUT2D eigenvalue weighted by Gasteiger charge is -2.27. The maximum Gasteiger partial charge on any atom is 0.406 e. The van der Waals surface area contributed by atoms with Crippen molar-refractivity contribution in [1.29, 1.82) is 0 Å². The minimum Gasteiger partial charge on any atom is -0.480 e. The number of aliphatic carboxylic acids is 1. The molecule has 0 aromatic rings. The van der Waals surface area contributed by atoms with Gasteiger partial charge in [0.2, 0.25) is 0 Å². The predicted molar refractivity (Wildman–Crippen MR) is 60.6 cm³/mol. The summed E-state index contributed by atoms with van der Waals surface area (Å²) in [6.07, 6.45) is -3.46. The highest BCUT2D eigenvalue weighted by Gasteiger charge is 2.41. The van der Waals surface area contributed by atoms with E-state index in [2.05, 4.69) is 5.32 Å². The van der Waals surface area contributed by atoms with Gasteiger partial charge >= 0.3 is 18.2 Å². The molecule has 0 heterocycles. The van der Waals surface area contributed by atoms with Crippen molar-refractivity contribution in [3.8, 4) is 0 Å². The van der Waals surface area contributed by atoms with Crippen LogP contribution in [0.3, 0.4) is 0 Å². The topological polar surface area (TPSA) is 69.6 Å². The second-order valence-corrected chi connectivity index (χ2v) is 4.98. The van der Waals surface area contributed by atoms with Crippen LogP contribution in [-0.4, -0.2) is 46.8 Å². The van der Waals surface area contributed by atoms with Crippen LogP contribution < -0.4 is 5.32 Å². The standard InChI is InChI=1S/C11H17F3N2O3/c1-6(2)8(9(17)18)15-10(19)16(7-3-4-7)5-11(12,13)14/h6-8H,3-5H2,1-2H3,(H,15,19)(H,17,18). The number of alkyl halides is 3. The zero-order valence-electron chi connectivity index (χ0n) is 10.7. The number of carboxylic acid groups (broad SMARTS) is 1. The molecule has 1 saturated carbocycles. The van der Waals surface area contributed by atoms with E-state index in [-0.39, 0.29) is 0 Å². The van der Waals surface area contributed by atoms with Gasteiger partial charge in [0, 0.05) is 6.04 Å². The third-order valence-electron chi connectivity index (χ3n) is 2.81. The van der Waals surface area contributed by atoms with Crippen LogP contribution in [0.1, 0.15) is 26.7 Å². The average molecular weight is 282 g/mol. The summed E-state index contributed by atoms with van der Waals surface area (Å²) >= 11 is 0. The van der Waals surface area contributed by atoms with Crippen LogP contribution in [0, 0.1) is 5.92 Å². The zero-order chi connectivity index (χ0) is 14.8. The molecule has 1 unspecified atom stereocenters. The number of hydrogen-bond acceptors (Lipinski definition) is 2. The van der Waals surface area contributed by atoms with E-state index in [0.29, 0.717) is 17.7 Å². The van der Waals surface area contributed by atoms with E-state index in [1.807, 2.05) is 0 Å². The molecule has 2 amide bonds. The van der Waals surface area contributed by atoms with Crippen molar-refractivity contribution < 1.29 is 27.9 Å². The number of rotatable bonds is 5. The quantitative estimate of drug-likeness (QED) is 0.808. The molecule has 0 aliphatic heterocycles. The molecule has 0 aromatic heterocycles. The third-order valence-corrected chi connectivity index (χ3v) is 2.81. The number of hydrogen-bond donors (Lipinski definition) is 2. The van der Waals surface area contributed by atoms with E-state index >= 15 is 0 Å². The highest BCUT2D eigenvalue weighted by Crippen LogP contribution is 2.30. The number of carbonyl (C=O) groups is 2. The molecule has 8 heteroatoms. The Morgan fingerprint density at radius 1 is 1.37 bits per heavy atom. The van der Waals surface area contributed by atoms with Crippen LogP contribution >= 0.6 is 0 Å². The minimum atomic E-state index is -4.49. The van der Waals surface area contributed by atoms with Gasteiger partial charge in [-0.25, -0.2) is 9.59 Å². The summed E-state index contributed by atoms with van der Waals surface area (Å²) in [6.45, 7) is 1.79. The van der Waals surface area contributed by atoms with Gasteiger partial charge in [0.15, 0.2) is 0 Å². The number of amides is 2. The molecular formula is C11H17F3N2O3. The maximum absolute atomic E-state index is 12.4. The fourth-order valence-corrected chi connectivity index (χ4v) is 1.68. The first-order chi connectivity index (χ1) is 8.61. The molecule has 110 valence electrons. The highest BCUT2D eigenvalue weighted by atomic mass is 19.4. The lowest BCUT2D eigenvalue weighted by molar-refractivity contribution is -0.142. The molecule has 1 rings (SSSR count). The Labute approximate surface area is 108 Å². The van der Waals surface area contributed by atoms with E-state index in [0.717, 1.165) is 0 Å². The van der Waals surface area contributed by atoms with Gasteiger partial charge in [-0.1, -0.05) is 13.8 Å². The molecule has 0 spiro atoms. The molecule has 0 radical (unpaired) electrons. The molecule has 0 saturated heterocycles. The van der Waals surface area contributed by atoms with E-state index in [1.165, 1.54) is 0 Å². The van der Waals surface area contributed by atoms with Crippen LogP contribution in [0.2, 0.25) is 0 Å². The summed E-state index contributed by atoms with van der Waals surface area (Å²) in [5.74, 6) is -1.67. The molecular weight excluding hydrogens is 265 g/mol. The van der Waals surface area contributed by atoms with Gasteiger partial charge in [-0.3, -0.25) is 0 Å². The second kappa shape index (κ2) is 5.66. The lowest BCUT2D eigenvalue weighted by Crippen LogP contribution is -2.52. The number of urea groups is 1. The van der Waals surface area contributed by atoms with E-state index < -0.39 is 42.7 Å². The first kappa shape index (κ1) is 15.6. The molecule has 0 aromatic carbocycles. The summed E-state index contributed by atoms with van der Waals surface area (Å²) in [4.78, 5) is 23.4. The number of nitrogens with zero attached hydrogens (tertiary/aromatic N) is 1. The molecule has 0 bridgehead atoms. The van der Waals surface area contributed by atoms with Crippen molar-refractivity contribution in [1.82, 2.24) is 10.2 Å². The maximum atomic E-state index is 12.4. The van der Waals surface area contributed by atoms with Crippen molar-refractivity contribution in [2.45, 2.75) is 44.9 Å². The van der Waals surface area contributed by atoms with Crippen LogP contribution in [0.5, 0.6) is 0 Å². The lowest BCUT2D eigenvalue weighted by atomic mass is 10.1. The van der Waals surface area contributed by atoms with Crippen LogP contribution in [0.4, 0.5) is 18.0 Å². The summed E-state index contributed by atoms with van der Waals surface area (Å²) in [6, 6.07) is -2.61. The van der Waals surface area contributed by atoms with Gasteiger partial charge in [-0.2, -0.15) is 13.2 Å². The number of nitrogens with one attached hydrogen (secondary N) is 1. The predicted octanol–water partition coefficient (Wildman–Crippen LogP) is 1.83. The van der Waals surface area contributed by atoms with Crippen LogP contribution in [0.25, 0.3) is 0 Å². The number of halogens is 3. The molecule has 19 heavy (non-hydrogen) atoms. The van der Waals surface area contributed by atoms with Crippen molar-refractivity contribution in [2.75, 3.05) is 6.54 Å². The molecule has 1 aliphatic carbocycles. The Hall–Kier alpha value is -1.47. The third kappa shape index (κ3) is 4.96. The van der Waals surface area contributed by atoms with Crippen LogP contribution in [-0.2, 0) is 4.79 Å². The molecule has 1 fully saturated rings. The Morgan fingerprint density at radius 3 is 2.21 bits per heavy atom. The van der Waals surface area contributed by atoms with Gasteiger partial charge in [0.1, 0.15) is 12.6 Å². The largest absolute Gasteiger partial charge is 0.480 e. The average Bonchev–Trinajstić information content (AvgIpc) is 3.03. The summed E-state index contributed by atoms with van der Waals surface area (Å²) in [7, 11) is 0. The Morgan fingerprint density at radius 2 is 1.89 bits per heavy atom. The first-order valence-electron chi connectivity index (χ1n) is 5.98. The van der Waals surface area contributed by atoms with E-state index in [1.54, 1.807) is 13.8 Å². The fraction of sp³-hybridized carbons (Fsp3) is 0.818. The van der Waals surface area contributed by atoms with Crippen molar-refractivity contribution in [3.63, 3.8) is 0 Å². The summed E-state index contributed by atoms with van der Waals surface area (Å²) in [5.41, 5.74) is 0. The molecule has 5 nitrogen and oxygen atoms in total. The normalized spacial score (nSPS) is 17.2. The highest BCUT2D eigenvalue weighted by molar-refractivity contribution is 5.83. The Balaban J connectivity index is 2.69.